The zero-order chi connectivity index (χ0) is 11.5. The Morgan fingerprint density at radius 2 is 2.06 bits per heavy atom. The van der Waals surface area contributed by atoms with Crippen LogP contribution in [0.4, 0.5) is 4.39 Å². The molecular weight excluding hydrogens is 269 g/mol. The fourth-order valence-electron chi connectivity index (χ4n) is 2.39. The standard InChI is InChI=1S/C13H17BrFN/c1-9(16-11-4-2-3-5-11)12-7-6-10(14)8-13(12)15/h6-9,11,16H,2-5H2,1H3. The van der Waals surface area contributed by atoms with Gasteiger partial charge in [0.2, 0.25) is 0 Å². The van der Waals surface area contributed by atoms with Crippen molar-refractivity contribution < 1.29 is 4.39 Å². The molecule has 1 aromatic carbocycles. The second-order valence-corrected chi connectivity index (χ2v) is 5.45. The van der Waals surface area contributed by atoms with Gasteiger partial charge in [-0.25, -0.2) is 4.39 Å². The predicted molar refractivity (Wildman–Crippen MR) is 67.9 cm³/mol. The highest BCUT2D eigenvalue weighted by atomic mass is 79.9. The first kappa shape index (κ1) is 12.1. The van der Waals surface area contributed by atoms with Gasteiger partial charge in [0.25, 0.3) is 0 Å². The number of rotatable bonds is 3. The molecule has 0 bridgehead atoms. The molecule has 0 saturated heterocycles. The molecule has 0 amide bonds. The molecule has 0 heterocycles. The smallest absolute Gasteiger partial charge is 0.129 e. The highest BCUT2D eigenvalue weighted by Gasteiger charge is 2.19. The normalized spacial score (nSPS) is 18.9. The Labute approximate surface area is 105 Å². The molecule has 1 atom stereocenters. The molecule has 1 fully saturated rings. The van der Waals surface area contributed by atoms with E-state index in [-0.39, 0.29) is 11.9 Å². The second-order valence-electron chi connectivity index (χ2n) is 4.54. The summed E-state index contributed by atoms with van der Waals surface area (Å²) in [7, 11) is 0. The lowest BCUT2D eigenvalue weighted by atomic mass is 10.1. The molecule has 0 aromatic heterocycles. The van der Waals surface area contributed by atoms with Crippen LogP contribution in [0.15, 0.2) is 22.7 Å². The van der Waals surface area contributed by atoms with Crippen LogP contribution in [0.3, 0.4) is 0 Å². The van der Waals surface area contributed by atoms with E-state index in [9.17, 15) is 4.39 Å². The monoisotopic (exact) mass is 285 g/mol. The lowest BCUT2D eigenvalue weighted by molar-refractivity contribution is 0.447. The maximum absolute atomic E-state index is 13.7. The van der Waals surface area contributed by atoms with E-state index in [0.717, 1.165) is 10.0 Å². The molecule has 16 heavy (non-hydrogen) atoms. The highest BCUT2D eigenvalue weighted by Crippen LogP contribution is 2.24. The molecule has 2 rings (SSSR count). The molecule has 1 saturated carbocycles. The SMILES string of the molecule is CC(NC1CCCC1)c1ccc(Br)cc1F. The van der Waals surface area contributed by atoms with Gasteiger partial charge in [0, 0.05) is 22.1 Å². The Morgan fingerprint density at radius 3 is 2.69 bits per heavy atom. The van der Waals surface area contributed by atoms with Crippen LogP contribution in [0, 0.1) is 5.82 Å². The Bertz CT molecular complexity index is 361. The fraction of sp³-hybridized carbons (Fsp3) is 0.538. The Kier molecular flexibility index (Phi) is 3.98. The van der Waals surface area contributed by atoms with Gasteiger partial charge < -0.3 is 5.32 Å². The van der Waals surface area contributed by atoms with Crippen LogP contribution >= 0.6 is 15.9 Å². The number of hydrogen-bond donors (Lipinski definition) is 1. The van der Waals surface area contributed by atoms with Gasteiger partial charge in [0.05, 0.1) is 0 Å². The van der Waals surface area contributed by atoms with E-state index in [1.807, 2.05) is 19.1 Å². The quantitative estimate of drug-likeness (QED) is 0.879. The summed E-state index contributed by atoms with van der Waals surface area (Å²) in [6, 6.07) is 5.94. The lowest BCUT2D eigenvalue weighted by Crippen LogP contribution is -2.29. The van der Waals surface area contributed by atoms with Gasteiger partial charge in [-0.15, -0.1) is 0 Å². The molecule has 1 N–H and O–H groups in total. The van der Waals surface area contributed by atoms with E-state index in [1.165, 1.54) is 31.7 Å². The van der Waals surface area contributed by atoms with Crippen molar-refractivity contribution >= 4 is 15.9 Å². The first-order valence-corrected chi connectivity index (χ1v) is 6.67. The summed E-state index contributed by atoms with van der Waals surface area (Å²) in [4.78, 5) is 0. The minimum Gasteiger partial charge on any atom is -0.307 e. The van der Waals surface area contributed by atoms with Crippen LogP contribution in [-0.4, -0.2) is 6.04 Å². The molecule has 0 radical (unpaired) electrons. The topological polar surface area (TPSA) is 12.0 Å². The third-order valence-corrected chi connectivity index (χ3v) is 3.76. The van der Waals surface area contributed by atoms with Gasteiger partial charge in [-0.3, -0.25) is 0 Å². The summed E-state index contributed by atoms with van der Waals surface area (Å²) in [5, 5.41) is 3.50. The molecule has 1 aromatic rings. The van der Waals surface area contributed by atoms with Crippen LogP contribution in [0.5, 0.6) is 0 Å². The van der Waals surface area contributed by atoms with Gasteiger partial charge in [0.1, 0.15) is 5.82 Å². The van der Waals surface area contributed by atoms with E-state index in [4.69, 9.17) is 0 Å². The van der Waals surface area contributed by atoms with E-state index in [1.54, 1.807) is 0 Å². The van der Waals surface area contributed by atoms with Crippen molar-refractivity contribution in [1.82, 2.24) is 5.32 Å². The molecule has 0 spiro atoms. The number of halogens is 2. The second kappa shape index (κ2) is 5.28. The van der Waals surface area contributed by atoms with Crippen molar-refractivity contribution in [3.63, 3.8) is 0 Å². The van der Waals surface area contributed by atoms with Gasteiger partial charge in [-0.1, -0.05) is 34.8 Å². The van der Waals surface area contributed by atoms with Gasteiger partial charge in [-0.2, -0.15) is 0 Å². The summed E-state index contributed by atoms with van der Waals surface area (Å²) in [6.45, 7) is 2.03. The average molecular weight is 286 g/mol. The predicted octanol–water partition coefficient (Wildman–Crippen LogP) is 4.18. The van der Waals surface area contributed by atoms with Gasteiger partial charge >= 0.3 is 0 Å². The summed E-state index contributed by atoms with van der Waals surface area (Å²) < 4.78 is 14.5. The zero-order valence-corrected chi connectivity index (χ0v) is 11.1. The average Bonchev–Trinajstić information content (AvgIpc) is 2.70. The third kappa shape index (κ3) is 2.83. The summed E-state index contributed by atoms with van der Waals surface area (Å²) in [6.07, 6.45) is 5.05. The van der Waals surface area contributed by atoms with Crippen LogP contribution in [0.2, 0.25) is 0 Å². The van der Waals surface area contributed by atoms with E-state index in [2.05, 4.69) is 21.2 Å². The minimum absolute atomic E-state index is 0.0937. The van der Waals surface area contributed by atoms with E-state index < -0.39 is 0 Å². The van der Waals surface area contributed by atoms with Crippen molar-refractivity contribution in [2.45, 2.75) is 44.7 Å². The molecule has 88 valence electrons. The van der Waals surface area contributed by atoms with Crippen molar-refractivity contribution in [2.75, 3.05) is 0 Å². The lowest BCUT2D eigenvalue weighted by Gasteiger charge is -2.20. The van der Waals surface area contributed by atoms with Crippen molar-refractivity contribution in [1.29, 1.82) is 0 Å². The zero-order valence-electron chi connectivity index (χ0n) is 9.47. The summed E-state index contributed by atoms with van der Waals surface area (Å²) in [5.74, 6) is -0.132. The van der Waals surface area contributed by atoms with Crippen molar-refractivity contribution in [3.8, 4) is 0 Å². The Morgan fingerprint density at radius 1 is 1.38 bits per heavy atom. The van der Waals surface area contributed by atoms with E-state index in [0.29, 0.717) is 6.04 Å². The maximum atomic E-state index is 13.7. The Balaban J connectivity index is 2.04. The number of nitrogens with one attached hydrogen (secondary N) is 1. The number of hydrogen-bond acceptors (Lipinski definition) is 1. The molecule has 1 unspecified atom stereocenters. The van der Waals surface area contributed by atoms with E-state index >= 15 is 0 Å². The molecule has 0 aliphatic heterocycles. The summed E-state index contributed by atoms with van der Waals surface area (Å²) in [5.41, 5.74) is 0.759. The highest BCUT2D eigenvalue weighted by molar-refractivity contribution is 9.10. The van der Waals surface area contributed by atoms with Gasteiger partial charge in [0.15, 0.2) is 0 Å². The molecular formula is C13H17BrFN. The largest absolute Gasteiger partial charge is 0.307 e. The maximum Gasteiger partial charge on any atom is 0.129 e. The minimum atomic E-state index is -0.132. The van der Waals surface area contributed by atoms with Crippen LogP contribution in [-0.2, 0) is 0 Å². The third-order valence-electron chi connectivity index (χ3n) is 3.27. The molecule has 1 aliphatic carbocycles. The van der Waals surface area contributed by atoms with Crippen LogP contribution in [0.25, 0.3) is 0 Å². The molecule has 3 heteroatoms. The van der Waals surface area contributed by atoms with Crippen LogP contribution < -0.4 is 5.32 Å². The first-order chi connectivity index (χ1) is 7.66. The first-order valence-electron chi connectivity index (χ1n) is 5.88. The summed E-state index contributed by atoms with van der Waals surface area (Å²) >= 11 is 3.27. The van der Waals surface area contributed by atoms with Crippen LogP contribution in [0.1, 0.15) is 44.2 Å². The molecule has 1 aliphatic rings. The van der Waals surface area contributed by atoms with Crippen molar-refractivity contribution in [3.05, 3.63) is 34.1 Å². The molecule has 1 nitrogen and oxygen atoms in total. The van der Waals surface area contributed by atoms with Crippen molar-refractivity contribution in [2.24, 2.45) is 0 Å². The Hall–Kier alpha value is -0.410. The van der Waals surface area contributed by atoms with Gasteiger partial charge in [-0.05, 0) is 31.9 Å². The fourth-order valence-corrected chi connectivity index (χ4v) is 2.72. The number of benzene rings is 1.